The van der Waals surface area contributed by atoms with E-state index in [2.05, 4.69) is 53.5 Å². The van der Waals surface area contributed by atoms with E-state index in [4.69, 9.17) is 0 Å². The molecule has 0 unspecified atom stereocenters. The van der Waals surface area contributed by atoms with Gasteiger partial charge in [0.15, 0.2) is 0 Å². The van der Waals surface area contributed by atoms with Crippen LogP contribution in [-0.2, 0) is 0 Å². The molecule has 0 aliphatic rings. The quantitative estimate of drug-likeness (QED) is 0.416. The van der Waals surface area contributed by atoms with Crippen LogP contribution < -0.4 is 0 Å². The highest BCUT2D eigenvalue weighted by Crippen LogP contribution is 2.25. The molecule has 0 radical (unpaired) electrons. The predicted octanol–water partition coefficient (Wildman–Crippen LogP) is 3.74. The van der Waals surface area contributed by atoms with Gasteiger partial charge in [0.2, 0.25) is 0 Å². The third-order valence-corrected chi connectivity index (χ3v) is 1.95. The van der Waals surface area contributed by atoms with Gasteiger partial charge < -0.3 is 0 Å². The first-order valence-corrected chi connectivity index (χ1v) is 5.17. The maximum absolute atomic E-state index is 4.57. The second-order valence-electron chi connectivity index (χ2n) is 5.02. The van der Waals surface area contributed by atoms with Gasteiger partial charge >= 0.3 is 0 Å². The Labute approximate surface area is 81.0 Å². The zero-order valence-corrected chi connectivity index (χ0v) is 10.2. The molecule has 0 rings (SSSR count). The number of hydrogen-bond acceptors (Lipinski definition) is 2. The largest absolute Gasteiger partial charge is 0.277 e. The van der Waals surface area contributed by atoms with Gasteiger partial charge in [-0.25, -0.2) is 0 Å². The topological polar surface area (TPSA) is 12.4 Å². The Bertz CT molecular complexity index is 169. The van der Waals surface area contributed by atoms with Crippen LogP contribution in [-0.4, -0.2) is 15.3 Å². The fourth-order valence-corrected chi connectivity index (χ4v) is 2.14. The van der Waals surface area contributed by atoms with Crippen molar-refractivity contribution in [1.82, 2.24) is 0 Å². The van der Waals surface area contributed by atoms with Gasteiger partial charge in [0, 0.05) is 4.75 Å². The van der Waals surface area contributed by atoms with Crippen molar-refractivity contribution in [3.8, 4) is 0 Å². The van der Waals surface area contributed by atoms with Crippen molar-refractivity contribution in [3.63, 3.8) is 0 Å². The van der Waals surface area contributed by atoms with Gasteiger partial charge in [-0.1, -0.05) is 20.8 Å². The SMILES string of the molecule is CC(=NC(C)(C)C)SC(C)(C)C. The third kappa shape index (κ3) is 8.12. The lowest BCUT2D eigenvalue weighted by molar-refractivity contribution is 0.585. The van der Waals surface area contributed by atoms with E-state index in [9.17, 15) is 0 Å². The second-order valence-corrected chi connectivity index (χ2v) is 7.04. The van der Waals surface area contributed by atoms with Crippen LogP contribution >= 0.6 is 11.8 Å². The minimum atomic E-state index is 0.0579. The van der Waals surface area contributed by atoms with Gasteiger partial charge in [-0.05, 0) is 27.7 Å². The van der Waals surface area contributed by atoms with Gasteiger partial charge in [-0.15, -0.1) is 11.8 Å². The average molecular weight is 187 g/mol. The Morgan fingerprint density at radius 1 is 1.00 bits per heavy atom. The minimum Gasteiger partial charge on any atom is -0.277 e. The molecular formula is C10H21NS. The molecule has 2 heteroatoms. The van der Waals surface area contributed by atoms with E-state index < -0.39 is 0 Å². The molecule has 0 bridgehead atoms. The Hall–Kier alpha value is 0.0200. The van der Waals surface area contributed by atoms with E-state index in [0.717, 1.165) is 0 Å². The minimum absolute atomic E-state index is 0.0579. The number of thioether (sulfide) groups is 1. The lowest BCUT2D eigenvalue weighted by Gasteiger charge is -2.20. The van der Waals surface area contributed by atoms with Gasteiger partial charge in [0.25, 0.3) is 0 Å². The van der Waals surface area contributed by atoms with Crippen LogP contribution in [0.4, 0.5) is 0 Å². The van der Waals surface area contributed by atoms with Crippen molar-refractivity contribution in [2.75, 3.05) is 0 Å². The molecule has 1 nitrogen and oxygen atoms in total. The maximum atomic E-state index is 4.57. The predicted molar refractivity (Wildman–Crippen MR) is 60.2 cm³/mol. The van der Waals surface area contributed by atoms with E-state index in [1.165, 1.54) is 5.04 Å². The number of hydrogen-bond donors (Lipinski definition) is 0. The third-order valence-electron chi connectivity index (χ3n) is 0.947. The highest BCUT2D eigenvalue weighted by molar-refractivity contribution is 8.15. The van der Waals surface area contributed by atoms with Crippen molar-refractivity contribution in [1.29, 1.82) is 0 Å². The molecule has 0 aromatic heterocycles. The summed E-state index contributed by atoms with van der Waals surface area (Å²) in [6, 6.07) is 0. The maximum Gasteiger partial charge on any atom is 0.0656 e. The molecule has 0 spiro atoms. The summed E-state index contributed by atoms with van der Waals surface area (Å²) in [5.41, 5.74) is 0.0579. The van der Waals surface area contributed by atoms with Crippen molar-refractivity contribution in [2.45, 2.75) is 58.8 Å². The van der Waals surface area contributed by atoms with E-state index in [0.29, 0.717) is 0 Å². The molecule has 0 heterocycles. The summed E-state index contributed by atoms with van der Waals surface area (Å²) in [5, 5.41) is 1.18. The lowest BCUT2D eigenvalue weighted by atomic mass is 10.1. The second kappa shape index (κ2) is 3.82. The molecule has 0 aromatic carbocycles. The molecule has 0 aromatic rings. The Morgan fingerprint density at radius 2 is 1.42 bits per heavy atom. The van der Waals surface area contributed by atoms with E-state index in [1.807, 2.05) is 11.8 Å². The van der Waals surface area contributed by atoms with Crippen LogP contribution in [0.5, 0.6) is 0 Å². The molecule has 0 aliphatic carbocycles. The number of rotatable bonds is 0. The number of nitrogens with zero attached hydrogens (tertiary/aromatic N) is 1. The first-order chi connectivity index (χ1) is 5.10. The van der Waals surface area contributed by atoms with Crippen LogP contribution in [0, 0.1) is 0 Å². The van der Waals surface area contributed by atoms with Crippen LogP contribution in [0.25, 0.3) is 0 Å². The zero-order valence-electron chi connectivity index (χ0n) is 9.36. The van der Waals surface area contributed by atoms with Crippen molar-refractivity contribution >= 4 is 16.8 Å². The molecule has 0 saturated carbocycles. The first kappa shape index (κ1) is 12.0. The van der Waals surface area contributed by atoms with E-state index in [1.54, 1.807) is 0 Å². The Kier molecular flexibility index (Phi) is 3.83. The highest BCUT2D eigenvalue weighted by Gasteiger charge is 2.14. The van der Waals surface area contributed by atoms with Crippen LogP contribution in [0.2, 0.25) is 0 Å². The van der Waals surface area contributed by atoms with Crippen LogP contribution in [0.3, 0.4) is 0 Å². The highest BCUT2D eigenvalue weighted by atomic mass is 32.2. The normalized spacial score (nSPS) is 15.1. The molecule has 0 atom stereocenters. The molecule has 0 N–H and O–H groups in total. The molecular weight excluding hydrogens is 166 g/mol. The van der Waals surface area contributed by atoms with Crippen molar-refractivity contribution in [2.24, 2.45) is 4.99 Å². The lowest BCUT2D eigenvalue weighted by Crippen LogP contribution is -2.15. The first-order valence-electron chi connectivity index (χ1n) is 4.36. The molecule has 0 fully saturated rings. The Morgan fingerprint density at radius 3 is 1.67 bits per heavy atom. The monoisotopic (exact) mass is 187 g/mol. The molecule has 72 valence electrons. The Balaban J connectivity index is 4.23. The molecule has 0 aliphatic heterocycles. The van der Waals surface area contributed by atoms with E-state index in [-0.39, 0.29) is 10.3 Å². The standard InChI is InChI=1S/C10H21NS/c1-8(11-9(2,3)4)12-10(5,6)7/h1-7H3. The smallest absolute Gasteiger partial charge is 0.0656 e. The summed E-state index contributed by atoms with van der Waals surface area (Å²) < 4.78 is 0.277. The van der Waals surface area contributed by atoms with E-state index >= 15 is 0 Å². The molecule has 12 heavy (non-hydrogen) atoms. The van der Waals surface area contributed by atoms with Crippen LogP contribution in [0.1, 0.15) is 48.5 Å². The summed E-state index contributed by atoms with van der Waals surface area (Å²) in [6.07, 6.45) is 0. The number of aliphatic imine (C=N–C) groups is 1. The zero-order chi connectivity index (χ0) is 9.99. The summed E-state index contributed by atoms with van der Waals surface area (Å²) >= 11 is 1.83. The van der Waals surface area contributed by atoms with Gasteiger partial charge in [0.1, 0.15) is 0 Å². The fraction of sp³-hybridized carbons (Fsp3) is 0.900. The molecule has 0 amide bonds. The summed E-state index contributed by atoms with van der Waals surface area (Å²) in [4.78, 5) is 4.57. The summed E-state index contributed by atoms with van der Waals surface area (Å²) in [6.45, 7) is 15.1. The van der Waals surface area contributed by atoms with Crippen molar-refractivity contribution in [3.05, 3.63) is 0 Å². The van der Waals surface area contributed by atoms with Gasteiger partial charge in [-0.3, -0.25) is 4.99 Å². The fourth-order valence-electron chi connectivity index (χ4n) is 0.938. The summed E-state index contributed by atoms with van der Waals surface area (Å²) in [5.74, 6) is 0. The van der Waals surface area contributed by atoms with Gasteiger partial charge in [-0.2, -0.15) is 0 Å². The average Bonchev–Trinajstić information content (AvgIpc) is 1.49. The molecule has 0 saturated heterocycles. The van der Waals surface area contributed by atoms with Crippen molar-refractivity contribution < 1.29 is 0 Å². The van der Waals surface area contributed by atoms with Gasteiger partial charge in [0.05, 0.1) is 10.6 Å². The van der Waals surface area contributed by atoms with Crippen LogP contribution in [0.15, 0.2) is 4.99 Å². The summed E-state index contributed by atoms with van der Waals surface area (Å²) in [7, 11) is 0.